The Balaban J connectivity index is 1.63. The number of aromatic amines is 1. The smallest absolute Gasteiger partial charge is 0.274 e. The van der Waals surface area contributed by atoms with Gasteiger partial charge in [0.2, 0.25) is 0 Å². The summed E-state index contributed by atoms with van der Waals surface area (Å²) >= 11 is 0. The number of aromatic nitrogens is 3. The van der Waals surface area contributed by atoms with Gasteiger partial charge in [0.25, 0.3) is 5.56 Å². The van der Waals surface area contributed by atoms with E-state index in [4.69, 9.17) is 9.72 Å². The van der Waals surface area contributed by atoms with Gasteiger partial charge in [-0.1, -0.05) is 26.6 Å². The summed E-state index contributed by atoms with van der Waals surface area (Å²) in [6.45, 7) is 13.6. The number of nitrogens with one attached hydrogen (secondary N) is 1. The Morgan fingerprint density at radius 1 is 1.28 bits per heavy atom. The highest BCUT2D eigenvalue weighted by atomic mass is 28.3. The molecule has 1 saturated carbocycles. The average Bonchev–Trinajstić information content (AvgIpc) is 3.41. The third kappa shape index (κ3) is 5.01. The molecular formula is C22H36N4O2Si. The third-order valence-electron chi connectivity index (χ3n) is 6.23. The molecule has 0 bridgehead atoms. The van der Waals surface area contributed by atoms with Gasteiger partial charge < -0.3 is 9.72 Å². The van der Waals surface area contributed by atoms with Gasteiger partial charge in [-0.2, -0.15) is 0 Å². The minimum atomic E-state index is -1.14. The van der Waals surface area contributed by atoms with Gasteiger partial charge in [0.05, 0.1) is 12.1 Å². The second kappa shape index (κ2) is 8.36. The number of likely N-dealkylation sites (tertiary alicyclic amines) is 1. The summed E-state index contributed by atoms with van der Waals surface area (Å²) in [4.78, 5) is 23.2. The number of hydrogen-bond donors (Lipinski definition) is 1. The molecular weight excluding hydrogens is 380 g/mol. The molecule has 6 nitrogen and oxygen atoms in total. The summed E-state index contributed by atoms with van der Waals surface area (Å²) in [6, 6.07) is 1.13. The Morgan fingerprint density at radius 2 is 2.07 bits per heavy atom. The van der Waals surface area contributed by atoms with Crippen LogP contribution < -0.4 is 5.56 Å². The van der Waals surface area contributed by atoms with Crippen LogP contribution in [0.3, 0.4) is 0 Å². The van der Waals surface area contributed by atoms with E-state index < -0.39 is 8.07 Å². The van der Waals surface area contributed by atoms with Gasteiger partial charge >= 0.3 is 0 Å². The Hall–Kier alpha value is -1.44. The lowest BCUT2D eigenvalue weighted by Gasteiger charge is -2.30. The van der Waals surface area contributed by atoms with Crippen molar-refractivity contribution in [1.29, 1.82) is 0 Å². The molecule has 1 N–H and O–H groups in total. The van der Waals surface area contributed by atoms with Gasteiger partial charge in [-0.15, -0.1) is 0 Å². The summed E-state index contributed by atoms with van der Waals surface area (Å²) in [5, 5.41) is 0. The number of fused-ring (bicyclic) bond motifs is 1. The maximum absolute atomic E-state index is 12.8. The quantitative estimate of drug-likeness (QED) is 0.519. The number of rotatable bonds is 8. The van der Waals surface area contributed by atoms with E-state index in [0.717, 1.165) is 49.5 Å². The normalized spacial score (nSPS) is 21.2. The van der Waals surface area contributed by atoms with Crippen molar-refractivity contribution in [3.63, 3.8) is 0 Å². The molecule has 29 heavy (non-hydrogen) atoms. The van der Waals surface area contributed by atoms with Crippen LogP contribution in [-0.2, 0) is 18.0 Å². The maximum atomic E-state index is 12.8. The molecule has 0 aromatic carbocycles. The van der Waals surface area contributed by atoms with Crippen molar-refractivity contribution < 1.29 is 4.74 Å². The first-order valence-electron chi connectivity index (χ1n) is 11.2. The summed E-state index contributed by atoms with van der Waals surface area (Å²) in [5.41, 5.74) is 2.74. The first-order chi connectivity index (χ1) is 13.8. The summed E-state index contributed by atoms with van der Waals surface area (Å²) in [6.07, 6.45) is 6.82. The molecule has 1 saturated heterocycles. The van der Waals surface area contributed by atoms with Crippen LogP contribution in [0.25, 0.3) is 11.0 Å². The van der Waals surface area contributed by atoms with Crippen molar-refractivity contribution in [1.82, 2.24) is 19.4 Å². The van der Waals surface area contributed by atoms with E-state index in [2.05, 4.69) is 36.4 Å². The van der Waals surface area contributed by atoms with Crippen LogP contribution >= 0.6 is 0 Å². The average molecular weight is 417 g/mol. The molecule has 0 amide bonds. The second-order valence-electron chi connectivity index (χ2n) is 10.3. The van der Waals surface area contributed by atoms with Gasteiger partial charge in [-0.25, -0.2) is 4.98 Å². The monoisotopic (exact) mass is 416 g/mol. The van der Waals surface area contributed by atoms with Crippen LogP contribution in [0.1, 0.15) is 49.9 Å². The lowest BCUT2D eigenvalue weighted by atomic mass is 10.0. The van der Waals surface area contributed by atoms with Crippen molar-refractivity contribution in [2.24, 2.45) is 5.92 Å². The van der Waals surface area contributed by atoms with E-state index >= 15 is 0 Å². The van der Waals surface area contributed by atoms with Crippen LogP contribution in [0.4, 0.5) is 0 Å². The van der Waals surface area contributed by atoms with E-state index in [1.165, 1.54) is 31.2 Å². The summed E-state index contributed by atoms with van der Waals surface area (Å²) < 4.78 is 8.12. The lowest BCUT2D eigenvalue weighted by molar-refractivity contribution is 0.0839. The van der Waals surface area contributed by atoms with Crippen molar-refractivity contribution in [3.8, 4) is 0 Å². The largest absolute Gasteiger partial charge is 0.361 e. The summed E-state index contributed by atoms with van der Waals surface area (Å²) in [5.74, 6) is 2.24. The zero-order valence-corrected chi connectivity index (χ0v) is 19.5. The number of nitrogens with zero attached hydrogens (tertiary/aromatic N) is 3. The van der Waals surface area contributed by atoms with Crippen LogP contribution in [-0.4, -0.2) is 47.2 Å². The van der Waals surface area contributed by atoms with E-state index in [1.807, 2.05) is 10.8 Å². The number of ether oxygens (including phenoxy) is 1. The number of hydrogen-bond acceptors (Lipinski definition) is 4. The molecule has 2 aromatic rings. The lowest BCUT2D eigenvalue weighted by Crippen LogP contribution is -2.34. The molecule has 2 fully saturated rings. The third-order valence-corrected chi connectivity index (χ3v) is 7.94. The zero-order chi connectivity index (χ0) is 20.6. The molecule has 4 rings (SSSR count). The molecule has 1 aliphatic carbocycles. The van der Waals surface area contributed by atoms with E-state index in [0.29, 0.717) is 18.2 Å². The van der Waals surface area contributed by atoms with Gasteiger partial charge in [0.15, 0.2) is 0 Å². The highest BCUT2D eigenvalue weighted by Gasteiger charge is 2.29. The molecule has 2 aromatic heterocycles. The predicted molar refractivity (Wildman–Crippen MR) is 120 cm³/mol. The minimum absolute atomic E-state index is 0.0519. The number of pyridine rings is 1. The number of H-pyrrole nitrogens is 1. The molecule has 1 aliphatic heterocycles. The highest BCUT2D eigenvalue weighted by Crippen LogP contribution is 2.42. The van der Waals surface area contributed by atoms with E-state index in [-0.39, 0.29) is 5.56 Å². The molecule has 1 atom stereocenters. The minimum Gasteiger partial charge on any atom is -0.361 e. The van der Waals surface area contributed by atoms with Crippen molar-refractivity contribution >= 4 is 19.1 Å². The van der Waals surface area contributed by atoms with Crippen LogP contribution in [0.2, 0.25) is 25.7 Å². The fourth-order valence-corrected chi connectivity index (χ4v) is 5.10. The SMILES string of the molecule is C[C@H]1CCCN(Cc2nc3c(C4CC4)c[nH]c(=O)c3n2COCC[Si](C)(C)C)C1. The molecule has 0 radical (unpaired) electrons. The second-order valence-corrected chi connectivity index (χ2v) is 16.0. The fraction of sp³-hybridized carbons (Fsp3) is 0.727. The van der Waals surface area contributed by atoms with Gasteiger partial charge in [-0.3, -0.25) is 14.3 Å². The van der Waals surface area contributed by atoms with E-state index in [9.17, 15) is 4.79 Å². The Kier molecular flexibility index (Phi) is 6.00. The maximum Gasteiger partial charge on any atom is 0.274 e. The zero-order valence-electron chi connectivity index (χ0n) is 18.5. The Morgan fingerprint density at radius 3 is 2.76 bits per heavy atom. The highest BCUT2D eigenvalue weighted by molar-refractivity contribution is 6.76. The Bertz CT molecular complexity index is 910. The molecule has 3 heterocycles. The molecule has 7 heteroatoms. The number of piperidine rings is 1. The van der Waals surface area contributed by atoms with E-state index in [1.54, 1.807) is 0 Å². The molecule has 0 unspecified atom stereocenters. The standard InChI is InChI=1S/C22H36N4O2Si/c1-16-6-5-9-25(13-16)14-19-24-20-18(17-7-8-17)12-23-22(27)21(20)26(19)15-28-10-11-29(2,3)4/h12,16-17H,5-11,13-15H2,1-4H3,(H,23,27)/t16-/m0/s1. The molecule has 0 spiro atoms. The van der Waals surface area contributed by atoms with Crippen LogP contribution in [0, 0.1) is 5.92 Å². The van der Waals surface area contributed by atoms with Crippen molar-refractivity contribution in [2.75, 3.05) is 19.7 Å². The first-order valence-corrected chi connectivity index (χ1v) is 14.9. The van der Waals surface area contributed by atoms with Crippen LogP contribution in [0.5, 0.6) is 0 Å². The predicted octanol–water partition coefficient (Wildman–Crippen LogP) is 4.15. The van der Waals surface area contributed by atoms with Gasteiger partial charge in [0, 0.05) is 27.4 Å². The number of imidazole rings is 1. The Labute approximate surface area is 174 Å². The molecule has 160 valence electrons. The van der Waals surface area contributed by atoms with Crippen molar-refractivity contribution in [2.45, 2.75) is 77.5 Å². The first kappa shape index (κ1) is 20.8. The van der Waals surface area contributed by atoms with Gasteiger partial charge in [0.1, 0.15) is 18.1 Å². The fourth-order valence-electron chi connectivity index (χ4n) is 4.34. The topological polar surface area (TPSA) is 63.2 Å². The van der Waals surface area contributed by atoms with Crippen LogP contribution in [0.15, 0.2) is 11.0 Å². The molecule has 2 aliphatic rings. The summed E-state index contributed by atoms with van der Waals surface area (Å²) in [7, 11) is -1.14. The van der Waals surface area contributed by atoms with Gasteiger partial charge in [-0.05, 0) is 55.7 Å². The van der Waals surface area contributed by atoms with Crippen molar-refractivity contribution in [3.05, 3.63) is 27.9 Å².